The molecule has 1 aromatic carbocycles. The van der Waals surface area contributed by atoms with Crippen LogP contribution < -0.4 is 4.81 Å². The quantitative estimate of drug-likeness (QED) is 0.721. The molecule has 2 aliphatic rings. The molecule has 0 radical (unpaired) electrons. The van der Waals surface area contributed by atoms with Crippen LogP contribution in [0.1, 0.15) is 33.3 Å². The predicted molar refractivity (Wildman–Crippen MR) is 77.8 cm³/mol. The third kappa shape index (κ3) is 1.99. The summed E-state index contributed by atoms with van der Waals surface area (Å²) in [6.07, 6.45) is 5.17. The molecular formula is C15H20BNO2. The largest absolute Gasteiger partial charge is 0.598 e. The number of hydrogen-bond acceptors (Lipinski definition) is 3. The lowest BCUT2D eigenvalue weighted by molar-refractivity contribution is 0.00578. The van der Waals surface area contributed by atoms with Gasteiger partial charge in [-0.25, -0.2) is 0 Å². The fraction of sp³-hybridized carbons (Fsp3) is 0.467. The van der Waals surface area contributed by atoms with Crippen molar-refractivity contribution in [2.24, 2.45) is 0 Å². The number of fused-ring (bicyclic) bond motifs is 1. The molecule has 4 heteroatoms. The summed E-state index contributed by atoms with van der Waals surface area (Å²) in [5.74, 6) is 0. The highest BCUT2D eigenvalue weighted by molar-refractivity contribution is 6.51. The van der Waals surface area contributed by atoms with Crippen LogP contribution in [0.25, 0.3) is 0 Å². The molecule has 0 amide bonds. The van der Waals surface area contributed by atoms with Crippen molar-refractivity contribution in [2.45, 2.75) is 45.3 Å². The maximum absolute atomic E-state index is 6.11. The van der Waals surface area contributed by atoms with Gasteiger partial charge in [0.1, 0.15) is 0 Å². The van der Waals surface area contributed by atoms with Crippen LogP contribution >= 0.6 is 0 Å². The Morgan fingerprint density at radius 3 is 2.37 bits per heavy atom. The molecule has 0 atom stereocenters. The fourth-order valence-electron chi connectivity index (χ4n) is 2.42. The summed E-state index contributed by atoms with van der Waals surface area (Å²) < 4.78 is 12.2. The summed E-state index contributed by atoms with van der Waals surface area (Å²) in [4.78, 5) is 2.08. The van der Waals surface area contributed by atoms with Crippen LogP contribution in [-0.4, -0.2) is 18.5 Å². The topological polar surface area (TPSA) is 21.7 Å². The van der Waals surface area contributed by atoms with Crippen LogP contribution in [0.3, 0.4) is 0 Å². The van der Waals surface area contributed by atoms with Gasteiger partial charge < -0.3 is 14.1 Å². The molecular weight excluding hydrogens is 237 g/mol. The van der Waals surface area contributed by atoms with Gasteiger partial charge in [0, 0.05) is 5.69 Å². The summed E-state index contributed by atoms with van der Waals surface area (Å²) in [5, 5.41) is 0. The lowest BCUT2D eigenvalue weighted by Crippen LogP contribution is -2.41. The number of nitrogens with zero attached hydrogens (tertiary/aromatic N) is 1. The van der Waals surface area contributed by atoms with Crippen LogP contribution in [-0.2, 0) is 15.7 Å². The van der Waals surface area contributed by atoms with Crippen molar-refractivity contribution in [2.75, 3.05) is 4.81 Å². The third-order valence-electron chi connectivity index (χ3n) is 4.34. The van der Waals surface area contributed by atoms with Crippen molar-refractivity contribution in [1.82, 2.24) is 0 Å². The first-order valence-electron chi connectivity index (χ1n) is 6.79. The van der Waals surface area contributed by atoms with E-state index < -0.39 is 0 Å². The van der Waals surface area contributed by atoms with Crippen LogP contribution in [0, 0.1) is 0 Å². The van der Waals surface area contributed by atoms with E-state index in [2.05, 4.69) is 69.0 Å². The zero-order chi connectivity index (χ0) is 13.7. The molecule has 3 nitrogen and oxygen atoms in total. The van der Waals surface area contributed by atoms with Gasteiger partial charge in [-0.3, -0.25) is 0 Å². The number of anilines is 1. The average molecular weight is 257 g/mol. The Kier molecular flexibility index (Phi) is 2.77. The third-order valence-corrected chi connectivity index (χ3v) is 4.34. The summed E-state index contributed by atoms with van der Waals surface area (Å²) in [7, 11) is -0.359. The Morgan fingerprint density at radius 1 is 1.05 bits per heavy atom. The van der Waals surface area contributed by atoms with E-state index in [0.717, 1.165) is 6.42 Å². The van der Waals surface area contributed by atoms with E-state index >= 15 is 0 Å². The van der Waals surface area contributed by atoms with Gasteiger partial charge in [0.2, 0.25) is 0 Å². The molecule has 2 aliphatic heterocycles. The lowest BCUT2D eigenvalue weighted by atomic mass is 9.90. The summed E-state index contributed by atoms with van der Waals surface area (Å²) in [6, 6.07) is 8.39. The van der Waals surface area contributed by atoms with E-state index in [-0.39, 0.29) is 18.5 Å². The minimum atomic E-state index is -0.359. The molecule has 2 heterocycles. The second kappa shape index (κ2) is 4.12. The highest BCUT2D eigenvalue weighted by Gasteiger charge is 2.54. The van der Waals surface area contributed by atoms with Crippen molar-refractivity contribution in [3.8, 4) is 0 Å². The Morgan fingerprint density at radius 2 is 1.68 bits per heavy atom. The first-order valence-corrected chi connectivity index (χ1v) is 6.79. The maximum atomic E-state index is 6.11. The van der Waals surface area contributed by atoms with Crippen molar-refractivity contribution >= 4 is 12.9 Å². The minimum Gasteiger partial charge on any atom is -0.384 e. The smallest absolute Gasteiger partial charge is 0.384 e. The van der Waals surface area contributed by atoms with E-state index in [1.165, 1.54) is 11.3 Å². The van der Waals surface area contributed by atoms with E-state index in [1.54, 1.807) is 0 Å². The monoisotopic (exact) mass is 257 g/mol. The van der Waals surface area contributed by atoms with Gasteiger partial charge in [-0.05, 0) is 51.9 Å². The van der Waals surface area contributed by atoms with Crippen LogP contribution in [0.2, 0.25) is 0 Å². The van der Waals surface area contributed by atoms with Crippen LogP contribution in [0.4, 0.5) is 5.69 Å². The molecule has 0 aliphatic carbocycles. The molecule has 0 spiro atoms. The standard InChI is InChI=1S/C15H20BNO2/c1-14(2)15(3,4)19-16(18-14)17-11-7-9-12-8-5-6-10-13(12)17/h5-8,10-11H,9H2,1-4H3. The van der Waals surface area contributed by atoms with Gasteiger partial charge in [-0.15, -0.1) is 0 Å². The van der Waals surface area contributed by atoms with E-state index in [4.69, 9.17) is 9.31 Å². The molecule has 0 saturated carbocycles. The van der Waals surface area contributed by atoms with E-state index in [9.17, 15) is 0 Å². The van der Waals surface area contributed by atoms with E-state index in [0.29, 0.717) is 0 Å². The van der Waals surface area contributed by atoms with Crippen LogP contribution in [0.15, 0.2) is 36.5 Å². The molecule has 0 unspecified atom stereocenters. The predicted octanol–water partition coefficient (Wildman–Crippen LogP) is 3.15. The van der Waals surface area contributed by atoms with Crippen molar-refractivity contribution in [3.63, 3.8) is 0 Å². The van der Waals surface area contributed by atoms with Gasteiger partial charge in [0.15, 0.2) is 0 Å². The lowest BCUT2D eigenvalue weighted by Gasteiger charge is -2.32. The number of allylic oxidation sites excluding steroid dienone is 1. The molecule has 3 rings (SSSR count). The van der Waals surface area contributed by atoms with Gasteiger partial charge in [-0.2, -0.15) is 0 Å². The van der Waals surface area contributed by atoms with Crippen molar-refractivity contribution in [1.29, 1.82) is 0 Å². The highest BCUT2D eigenvalue weighted by atomic mass is 16.7. The summed E-state index contributed by atoms with van der Waals surface area (Å²) in [6.45, 7) is 8.30. The number of para-hydroxylation sites is 1. The van der Waals surface area contributed by atoms with Gasteiger partial charge in [-0.1, -0.05) is 24.3 Å². The molecule has 0 N–H and O–H groups in total. The maximum Gasteiger partial charge on any atom is 0.598 e. The first-order chi connectivity index (χ1) is 8.91. The zero-order valence-corrected chi connectivity index (χ0v) is 12.0. The Hall–Kier alpha value is -1.26. The number of hydrogen-bond donors (Lipinski definition) is 0. The van der Waals surface area contributed by atoms with E-state index in [1.807, 2.05) is 0 Å². The van der Waals surface area contributed by atoms with Gasteiger partial charge in [0.25, 0.3) is 0 Å². The van der Waals surface area contributed by atoms with Crippen molar-refractivity contribution < 1.29 is 9.31 Å². The molecule has 100 valence electrons. The summed E-state index contributed by atoms with van der Waals surface area (Å²) in [5.41, 5.74) is 1.86. The Balaban J connectivity index is 1.93. The fourth-order valence-corrected chi connectivity index (χ4v) is 2.42. The second-order valence-corrected chi connectivity index (χ2v) is 6.19. The van der Waals surface area contributed by atoms with Gasteiger partial charge >= 0.3 is 7.25 Å². The second-order valence-electron chi connectivity index (χ2n) is 6.19. The number of rotatable bonds is 1. The normalized spacial score (nSPS) is 23.6. The number of benzene rings is 1. The van der Waals surface area contributed by atoms with Crippen molar-refractivity contribution in [3.05, 3.63) is 42.1 Å². The first kappa shape index (κ1) is 12.8. The zero-order valence-electron chi connectivity index (χ0n) is 12.0. The molecule has 19 heavy (non-hydrogen) atoms. The van der Waals surface area contributed by atoms with Gasteiger partial charge in [0.05, 0.1) is 11.2 Å². The summed E-state index contributed by atoms with van der Waals surface area (Å²) >= 11 is 0. The molecule has 1 saturated heterocycles. The highest BCUT2D eigenvalue weighted by Crippen LogP contribution is 2.39. The Labute approximate surface area is 115 Å². The van der Waals surface area contributed by atoms with Crippen LogP contribution in [0.5, 0.6) is 0 Å². The average Bonchev–Trinajstić information content (AvgIpc) is 2.58. The molecule has 1 fully saturated rings. The minimum absolute atomic E-state index is 0.308. The molecule has 0 aromatic heterocycles. The Bertz CT molecular complexity index is 509. The molecule has 1 aromatic rings. The SMILES string of the molecule is CC1(C)OB(N2C=CCc3ccccc32)OC1(C)C. The molecule has 0 bridgehead atoms.